The summed E-state index contributed by atoms with van der Waals surface area (Å²) in [7, 11) is 1.76. The Morgan fingerprint density at radius 3 is 2.82 bits per heavy atom. The Kier molecular flexibility index (Phi) is 5.09. The Labute approximate surface area is 134 Å². The second-order valence-corrected chi connectivity index (χ2v) is 6.53. The number of carbonyl (C=O) groups is 2. The lowest BCUT2D eigenvalue weighted by molar-refractivity contribution is -0.135. The number of hydrogen-bond acceptors (Lipinski definition) is 4. The monoisotopic (exact) mass is 317 g/mol. The Bertz CT molecular complexity index is 624. The standard InChI is InChI=1S/C16H19N3O2S/c1-11(2)18(3)16(21)14-9-22-10-19(14)15(20)13-6-4-5-12(7-13)8-17/h4-7,11,14H,9-10H2,1-3H3/t14-/m1/s1. The van der Waals surface area contributed by atoms with E-state index in [9.17, 15) is 9.59 Å². The molecule has 0 N–H and O–H groups in total. The van der Waals surface area contributed by atoms with E-state index < -0.39 is 6.04 Å². The molecule has 116 valence electrons. The van der Waals surface area contributed by atoms with Crippen LogP contribution in [0.25, 0.3) is 0 Å². The van der Waals surface area contributed by atoms with E-state index in [1.165, 1.54) is 0 Å². The highest BCUT2D eigenvalue weighted by atomic mass is 32.2. The minimum Gasteiger partial charge on any atom is -0.342 e. The van der Waals surface area contributed by atoms with E-state index in [-0.39, 0.29) is 17.9 Å². The maximum absolute atomic E-state index is 12.7. The lowest BCUT2D eigenvalue weighted by Gasteiger charge is -2.29. The third-order valence-corrected chi connectivity index (χ3v) is 4.80. The van der Waals surface area contributed by atoms with Gasteiger partial charge in [-0.2, -0.15) is 5.26 Å². The van der Waals surface area contributed by atoms with Crippen LogP contribution in [0.1, 0.15) is 29.8 Å². The van der Waals surface area contributed by atoms with Gasteiger partial charge in [0, 0.05) is 24.4 Å². The molecular formula is C16H19N3O2S. The molecule has 0 spiro atoms. The molecule has 5 nitrogen and oxygen atoms in total. The topological polar surface area (TPSA) is 64.4 Å². The fraction of sp³-hybridized carbons (Fsp3) is 0.438. The van der Waals surface area contributed by atoms with E-state index >= 15 is 0 Å². The molecule has 1 aromatic rings. The molecule has 1 heterocycles. The number of nitriles is 1. The molecule has 1 aliphatic heterocycles. The summed E-state index contributed by atoms with van der Waals surface area (Å²) in [6.45, 7) is 3.89. The van der Waals surface area contributed by atoms with Crippen molar-refractivity contribution in [3.63, 3.8) is 0 Å². The molecular weight excluding hydrogens is 298 g/mol. The average Bonchev–Trinajstić information content (AvgIpc) is 3.02. The van der Waals surface area contributed by atoms with Crippen molar-refractivity contribution >= 4 is 23.6 Å². The van der Waals surface area contributed by atoms with E-state index in [1.54, 1.807) is 52.9 Å². The second-order valence-electron chi connectivity index (χ2n) is 5.53. The van der Waals surface area contributed by atoms with Crippen molar-refractivity contribution in [2.45, 2.75) is 25.9 Å². The van der Waals surface area contributed by atoms with Crippen molar-refractivity contribution in [1.29, 1.82) is 5.26 Å². The quantitative estimate of drug-likeness (QED) is 0.854. The van der Waals surface area contributed by atoms with Gasteiger partial charge in [0.25, 0.3) is 5.91 Å². The van der Waals surface area contributed by atoms with Gasteiger partial charge in [-0.15, -0.1) is 11.8 Å². The number of hydrogen-bond donors (Lipinski definition) is 0. The highest BCUT2D eigenvalue weighted by molar-refractivity contribution is 7.99. The fourth-order valence-corrected chi connectivity index (χ4v) is 3.37. The summed E-state index contributed by atoms with van der Waals surface area (Å²) < 4.78 is 0. The van der Waals surface area contributed by atoms with Gasteiger partial charge in [-0.05, 0) is 32.0 Å². The molecule has 0 aliphatic carbocycles. The highest BCUT2D eigenvalue weighted by Gasteiger charge is 2.37. The van der Waals surface area contributed by atoms with Crippen LogP contribution in [0, 0.1) is 11.3 Å². The molecule has 22 heavy (non-hydrogen) atoms. The first kappa shape index (κ1) is 16.4. The lowest BCUT2D eigenvalue weighted by atomic mass is 10.1. The molecule has 1 aliphatic rings. The van der Waals surface area contributed by atoms with Gasteiger partial charge in [-0.1, -0.05) is 6.07 Å². The molecule has 0 aromatic heterocycles. The molecule has 1 saturated heterocycles. The van der Waals surface area contributed by atoms with Crippen molar-refractivity contribution in [2.24, 2.45) is 0 Å². The molecule has 0 unspecified atom stereocenters. The summed E-state index contributed by atoms with van der Waals surface area (Å²) in [4.78, 5) is 28.4. The first-order valence-corrected chi connectivity index (χ1v) is 8.26. The molecule has 2 rings (SSSR count). The maximum atomic E-state index is 12.7. The second kappa shape index (κ2) is 6.84. The molecule has 1 fully saturated rings. The third-order valence-electron chi connectivity index (χ3n) is 3.79. The first-order chi connectivity index (χ1) is 10.5. The smallest absolute Gasteiger partial charge is 0.255 e. The van der Waals surface area contributed by atoms with Crippen molar-refractivity contribution in [2.75, 3.05) is 18.7 Å². The average molecular weight is 317 g/mol. The SMILES string of the molecule is CC(C)N(C)C(=O)[C@H]1CSCN1C(=O)c1cccc(C#N)c1. The summed E-state index contributed by atoms with van der Waals surface area (Å²) in [6, 6.07) is 8.28. The van der Waals surface area contributed by atoms with Gasteiger partial charge in [0.15, 0.2) is 0 Å². The predicted molar refractivity (Wildman–Crippen MR) is 86.3 cm³/mol. The van der Waals surface area contributed by atoms with E-state index in [1.807, 2.05) is 19.9 Å². The Hall–Kier alpha value is -2.00. The zero-order chi connectivity index (χ0) is 16.3. The molecule has 2 amide bonds. The van der Waals surface area contributed by atoms with Crippen LogP contribution in [0.5, 0.6) is 0 Å². The van der Waals surface area contributed by atoms with Crippen LogP contribution in [0.4, 0.5) is 0 Å². The number of amides is 2. The van der Waals surface area contributed by atoms with Gasteiger partial charge < -0.3 is 9.80 Å². The fourth-order valence-electron chi connectivity index (χ4n) is 2.22. The zero-order valence-electron chi connectivity index (χ0n) is 12.9. The Morgan fingerprint density at radius 1 is 1.45 bits per heavy atom. The minimum atomic E-state index is -0.435. The number of likely N-dealkylation sites (N-methyl/N-ethyl adjacent to an activating group) is 1. The van der Waals surface area contributed by atoms with Crippen LogP contribution in [0.2, 0.25) is 0 Å². The van der Waals surface area contributed by atoms with Crippen molar-refractivity contribution in [3.05, 3.63) is 35.4 Å². The third kappa shape index (κ3) is 3.25. The summed E-state index contributed by atoms with van der Waals surface area (Å²) in [6.07, 6.45) is 0. The predicted octanol–water partition coefficient (Wildman–Crippen LogP) is 1.94. The van der Waals surface area contributed by atoms with Crippen LogP contribution in [0.3, 0.4) is 0 Å². The van der Waals surface area contributed by atoms with Crippen molar-refractivity contribution in [3.8, 4) is 6.07 Å². The van der Waals surface area contributed by atoms with E-state index in [0.717, 1.165) is 0 Å². The van der Waals surface area contributed by atoms with E-state index in [0.29, 0.717) is 22.8 Å². The summed E-state index contributed by atoms with van der Waals surface area (Å²) in [5.74, 6) is 0.875. The van der Waals surface area contributed by atoms with Crippen LogP contribution >= 0.6 is 11.8 Å². The number of nitrogens with zero attached hydrogens (tertiary/aromatic N) is 3. The van der Waals surface area contributed by atoms with Gasteiger partial charge in [0.05, 0.1) is 17.5 Å². The molecule has 0 radical (unpaired) electrons. The zero-order valence-corrected chi connectivity index (χ0v) is 13.8. The molecule has 1 aromatic carbocycles. The van der Waals surface area contributed by atoms with Crippen LogP contribution in [0.15, 0.2) is 24.3 Å². The number of benzene rings is 1. The summed E-state index contributed by atoms with van der Waals surface area (Å²) >= 11 is 1.57. The summed E-state index contributed by atoms with van der Waals surface area (Å²) in [5, 5.41) is 8.94. The van der Waals surface area contributed by atoms with Gasteiger partial charge in [0.2, 0.25) is 5.91 Å². The molecule has 0 bridgehead atoms. The van der Waals surface area contributed by atoms with Gasteiger partial charge in [-0.25, -0.2) is 0 Å². The Morgan fingerprint density at radius 2 is 2.18 bits per heavy atom. The van der Waals surface area contributed by atoms with Crippen molar-refractivity contribution in [1.82, 2.24) is 9.80 Å². The summed E-state index contributed by atoms with van der Waals surface area (Å²) in [5.41, 5.74) is 0.895. The van der Waals surface area contributed by atoms with Gasteiger partial charge >= 0.3 is 0 Å². The molecule has 0 saturated carbocycles. The number of rotatable bonds is 3. The van der Waals surface area contributed by atoms with Crippen LogP contribution < -0.4 is 0 Å². The normalized spacial score (nSPS) is 17.4. The largest absolute Gasteiger partial charge is 0.342 e. The number of thioether (sulfide) groups is 1. The lowest BCUT2D eigenvalue weighted by Crippen LogP contribution is -2.49. The van der Waals surface area contributed by atoms with E-state index in [4.69, 9.17) is 5.26 Å². The first-order valence-electron chi connectivity index (χ1n) is 7.11. The highest BCUT2D eigenvalue weighted by Crippen LogP contribution is 2.25. The van der Waals surface area contributed by atoms with Gasteiger partial charge in [0.1, 0.15) is 6.04 Å². The number of carbonyl (C=O) groups excluding carboxylic acids is 2. The molecule has 1 atom stereocenters. The van der Waals surface area contributed by atoms with Crippen LogP contribution in [-0.2, 0) is 4.79 Å². The van der Waals surface area contributed by atoms with E-state index in [2.05, 4.69) is 0 Å². The van der Waals surface area contributed by atoms with Crippen LogP contribution in [-0.4, -0.2) is 52.4 Å². The van der Waals surface area contributed by atoms with Crippen molar-refractivity contribution < 1.29 is 9.59 Å². The maximum Gasteiger partial charge on any atom is 0.255 e. The molecule has 6 heteroatoms. The Balaban J connectivity index is 2.21. The minimum absolute atomic E-state index is 0.0372. The van der Waals surface area contributed by atoms with Gasteiger partial charge in [-0.3, -0.25) is 9.59 Å².